The van der Waals surface area contributed by atoms with Crippen molar-refractivity contribution >= 4 is 27.5 Å². The van der Waals surface area contributed by atoms with E-state index in [1.807, 2.05) is 31.2 Å². The second kappa shape index (κ2) is 7.21. The van der Waals surface area contributed by atoms with E-state index in [0.29, 0.717) is 17.0 Å². The molecule has 1 N–H and O–H groups in total. The van der Waals surface area contributed by atoms with Gasteiger partial charge in [0.15, 0.2) is 0 Å². The Morgan fingerprint density at radius 3 is 2.75 bits per heavy atom. The number of likely N-dealkylation sites (N-methyl/N-ethyl adjacent to an activating group) is 1. The molecule has 0 aliphatic heterocycles. The van der Waals surface area contributed by atoms with Crippen LogP contribution in [0.2, 0.25) is 5.02 Å². The molecule has 0 aliphatic rings. The maximum atomic E-state index is 14.0. The lowest BCUT2D eigenvalue weighted by Gasteiger charge is -2.19. The predicted octanol–water partition coefficient (Wildman–Crippen LogP) is 5.13. The van der Waals surface area contributed by atoms with E-state index in [0.717, 1.165) is 16.6 Å². The second-order valence-corrected chi connectivity index (χ2v) is 5.96. The summed E-state index contributed by atoms with van der Waals surface area (Å²) >= 11 is 9.45. The van der Waals surface area contributed by atoms with E-state index in [4.69, 9.17) is 11.6 Å². The lowest BCUT2D eigenvalue weighted by Crippen LogP contribution is -2.24. The topological polar surface area (TPSA) is 12.0 Å². The van der Waals surface area contributed by atoms with Crippen LogP contribution in [0.15, 0.2) is 46.9 Å². The molecule has 2 aromatic carbocycles. The maximum Gasteiger partial charge on any atom is 0.128 e. The van der Waals surface area contributed by atoms with Crippen molar-refractivity contribution in [2.24, 2.45) is 0 Å². The molecule has 0 amide bonds. The van der Waals surface area contributed by atoms with Gasteiger partial charge >= 0.3 is 0 Å². The molecular formula is C16H16BrClFN. The highest BCUT2D eigenvalue weighted by molar-refractivity contribution is 9.10. The molecule has 4 heteroatoms. The first-order valence-corrected chi connectivity index (χ1v) is 7.70. The zero-order valence-electron chi connectivity index (χ0n) is 11.2. The Morgan fingerprint density at radius 2 is 2.05 bits per heavy atom. The molecule has 0 fully saturated rings. The molecule has 0 bridgehead atoms. The van der Waals surface area contributed by atoms with Crippen LogP contribution in [0.3, 0.4) is 0 Å². The number of halogens is 3. The number of rotatable bonds is 5. The summed E-state index contributed by atoms with van der Waals surface area (Å²) in [6.45, 7) is 2.78. The summed E-state index contributed by atoms with van der Waals surface area (Å²) in [5.74, 6) is -0.227. The molecule has 2 aromatic rings. The normalized spacial score (nSPS) is 12.4. The highest BCUT2D eigenvalue weighted by Gasteiger charge is 2.16. The summed E-state index contributed by atoms with van der Waals surface area (Å²) in [7, 11) is 0. The van der Waals surface area contributed by atoms with Gasteiger partial charge in [0.2, 0.25) is 0 Å². The number of benzene rings is 2. The summed E-state index contributed by atoms with van der Waals surface area (Å²) in [4.78, 5) is 0. The molecule has 0 aromatic heterocycles. The molecule has 0 spiro atoms. The van der Waals surface area contributed by atoms with Gasteiger partial charge in [0.25, 0.3) is 0 Å². The van der Waals surface area contributed by atoms with Crippen LogP contribution in [0, 0.1) is 5.82 Å². The van der Waals surface area contributed by atoms with Gasteiger partial charge in [-0.15, -0.1) is 0 Å². The molecule has 1 unspecified atom stereocenters. The molecule has 0 radical (unpaired) electrons. The highest BCUT2D eigenvalue weighted by Crippen LogP contribution is 2.25. The molecule has 0 saturated carbocycles. The molecule has 20 heavy (non-hydrogen) atoms. The van der Waals surface area contributed by atoms with Gasteiger partial charge in [-0.3, -0.25) is 0 Å². The first-order chi connectivity index (χ1) is 9.60. The van der Waals surface area contributed by atoms with E-state index in [1.165, 1.54) is 6.07 Å². The van der Waals surface area contributed by atoms with Gasteiger partial charge in [-0.1, -0.05) is 46.6 Å². The minimum Gasteiger partial charge on any atom is -0.310 e. The van der Waals surface area contributed by atoms with Crippen LogP contribution in [0.5, 0.6) is 0 Å². The number of hydrogen-bond donors (Lipinski definition) is 1. The fourth-order valence-electron chi connectivity index (χ4n) is 2.22. The highest BCUT2D eigenvalue weighted by atomic mass is 79.9. The van der Waals surface area contributed by atoms with Crippen LogP contribution in [-0.2, 0) is 6.42 Å². The zero-order chi connectivity index (χ0) is 14.5. The third kappa shape index (κ3) is 4.05. The average molecular weight is 357 g/mol. The fraction of sp³-hybridized carbons (Fsp3) is 0.250. The van der Waals surface area contributed by atoms with Crippen LogP contribution >= 0.6 is 27.5 Å². The minimum absolute atomic E-state index is 0.0898. The summed E-state index contributed by atoms with van der Waals surface area (Å²) < 4.78 is 15.0. The first kappa shape index (κ1) is 15.5. The Labute approximate surface area is 132 Å². The van der Waals surface area contributed by atoms with Crippen LogP contribution in [0.4, 0.5) is 4.39 Å². The summed E-state index contributed by atoms with van der Waals surface area (Å²) in [6.07, 6.45) is 0.713. The fourth-order valence-corrected chi connectivity index (χ4v) is 2.85. The van der Waals surface area contributed by atoms with Crippen molar-refractivity contribution < 1.29 is 4.39 Å². The van der Waals surface area contributed by atoms with E-state index in [9.17, 15) is 4.39 Å². The third-order valence-corrected chi connectivity index (χ3v) is 3.84. The van der Waals surface area contributed by atoms with Gasteiger partial charge in [0.05, 0.1) is 0 Å². The van der Waals surface area contributed by atoms with E-state index >= 15 is 0 Å². The van der Waals surface area contributed by atoms with Gasteiger partial charge in [-0.25, -0.2) is 4.39 Å². The second-order valence-electron chi connectivity index (χ2n) is 4.61. The van der Waals surface area contributed by atoms with Gasteiger partial charge < -0.3 is 5.32 Å². The van der Waals surface area contributed by atoms with Crippen molar-refractivity contribution in [2.75, 3.05) is 6.54 Å². The standard InChI is InChI=1S/C16H16BrClFN/c1-2-20-16(9-11-4-3-5-12(17)8-11)14-10-13(18)6-7-15(14)19/h3-8,10,16,20H,2,9H2,1H3. The lowest BCUT2D eigenvalue weighted by molar-refractivity contribution is 0.510. The van der Waals surface area contributed by atoms with Crippen LogP contribution in [0.25, 0.3) is 0 Å². The Bertz CT molecular complexity index is 588. The molecule has 1 atom stereocenters. The Morgan fingerprint density at radius 1 is 1.25 bits per heavy atom. The van der Waals surface area contributed by atoms with Crippen molar-refractivity contribution in [3.8, 4) is 0 Å². The predicted molar refractivity (Wildman–Crippen MR) is 85.7 cm³/mol. The Hall–Kier alpha value is -0.900. The first-order valence-electron chi connectivity index (χ1n) is 6.53. The largest absolute Gasteiger partial charge is 0.310 e. The average Bonchev–Trinajstić information content (AvgIpc) is 2.41. The van der Waals surface area contributed by atoms with Gasteiger partial charge in [0.1, 0.15) is 5.82 Å². The van der Waals surface area contributed by atoms with Crippen LogP contribution < -0.4 is 5.32 Å². The molecule has 0 heterocycles. The van der Waals surface area contributed by atoms with E-state index < -0.39 is 0 Å². The quantitative estimate of drug-likeness (QED) is 0.782. The van der Waals surface area contributed by atoms with Crippen molar-refractivity contribution in [3.63, 3.8) is 0 Å². The molecule has 106 valence electrons. The van der Waals surface area contributed by atoms with Crippen molar-refractivity contribution in [2.45, 2.75) is 19.4 Å². The van der Waals surface area contributed by atoms with Crippen LogP contribution in [-0.4, -0.2) is 6.54 Å². The molecule has 1 nitrogen and oxygen atoms in total. The Kier molecular flexibility index (Phi) is 5.58. The lowest BCUT2D eigenvalue weighted by atomic mass is 9.98. The van der Waals surface area contributed by atoms with E-state index in [-0.39, 0.29) is 11.9 Å². The van der Waals surface area contributed by atoms with Crippen LogP contribution in [0.1, 0.15) is 24.1 Å². The summed E-state index contributed by atoms with van der Waals surface area (Å²) in [5, 5.41) is 3.88. The molecule has 0 saturated heterocycles. The summed E-state index contributed by atoms with van der Waals surface area (Å²) in [6, 6.07) is 12.6. The SMILES string of the molecule is CCNC(Cc1cccc(Br)c1)c1cc(Cl)ccc1F. The Balaban J connectivity index is 2.29. The van der Waals surface area contributed by atoms with Gasteiger partial charge in [-0.05, 0) is 48.9 Å². The molecule has 2 rings (SSSR count). The van der Waals surface area contributed by atoms with Crippen molar-refractivity contribution in [1.82, 2.24) is 5.32 Å². The molecule has 0 aliphatic carbocycles. The number of hydrogen-bond acceptors (Lipinski definition) is 1. The monoisotopic (exact) mass is 355 g/mol. The smallest absolute Gasteiger partial charge is 0.128 e. The molecular weight excluding hydrogens is 341 g/mol. The number of nitrogens with one attached hydrogen (secondary N) is 1. The van der Waals surface area contributed by atoms with E-state index in [1.54, 1.807) is 12.1 Å². The van der Waals surface area contributed by atoms with Crippen molar-refractivity contribution in [3.05, 3.63) is 68.9 Å². The third-order valence-electron chi connectivity index (χ3n) is 3.11. The minimum atomic E-state index is -0.227. The summed E-state index contributed by atoms with van der Waals surface area (Å²) in [5.41, 5.74) is 1.75. The maximum absolute atomic E-state index is 14.0. The van der Waals surface area contributed by atoms with Gasteiger partial charge in [0, 0.05) is 21.1 Å². The van der Waals surface area contributed by atoms with Crippen molar-refractivity contribution in [1.29, 1.82) is 0 Å². The van der Waals surface area contributed by atoms with E-state index in [2.05, 4.69) is 21.2 Å². The van der Waals surface area contributed by atoms with Gasteiger partial charge in [-0.2, -0.15) is 0 Å². The zero-order valence-corrected chi connectivity index (χ0v) is 13.5.